The van der Waals surface area contributed by atoms with Crippen molar-refractivity contribution < 1.29 is 0 Å². The summed E-state index contributed by atoms with van der Waals surface area (Å²) < 4.78 is 2.36. The summed E-state index contributed by atoms with van der Waals surface area (Å²) in [4.78, 5) is 10.6. The van der Waals surface area contributed by atoms with E-state index in [9.17, 15) is 10.5 Å². The van der Waals surface area contributed by atoms with E-state index in [1.54, 1.807) is 0 Å². The molecule has 0 aliphatic heterocycles. The van der Waals surface area contributed by atoms with Crippen LogP contribution in [-0.4, -0.2) is 14.5 Å². The number of aryl methyl sites for hydroxylation is 6. The summed E-state index contributed by atoms with van der Waals surface area (Å²) in [5.74, 6) is 0.521. The number of hydrogen-bond donors (Lipinski definition) is 0. The van der Waals surface area contributed by atoms with Crippen LogP contribution in [-0.2, 0) is 0 Å². The smallest absolute Gasteiger partial charge is 0.160 e. The van der Waals surface area contributed by atoms with Crippen LogP contribution < -0.4 is 0 Å². The highest BCUT2D eigenvalue weighted by molar-refractivity contribution is 6.13. The van der Waals surface area contributed by atoms with E-state index < -0.39 is 0 Å². The third-order valence-corrected chi connectivity index (χ3v) is 13.8. The van der Waals surface area contributed by atoms with Gasteiger partial charge in [0, 0.05) is 49.7 Å². The minimum atomic E-state index is 0.521. The first-order valence-corrected chi connectivity index (χ1v) is 24.0. The van der Waals surface area contributed by atoms with Gasteiger partial charge in [-0.05, 0) is 141 Å². The second kappa shape index (κ2) is 18.1. The maximum Gasteiger partial charge on any atom is 0.160 e. The molecule has 9 aromatic carbocycles. The highest BCUT2D eigenvalue weighted by Crippen LogP contribution is 2.47. The van der Waals surface area contributed by atoms with Crippen molar-refractivity contribution in [3.8, 4) is 96.2 Å². The van der Waals surface area contributed by atoms with E-state index in [4.69, 9.17) is 9.97 Å². The average Bonchev–Trinajstić information content (AvgIpc) is 3.70. The first-order valence-electron chi connectivity index (χ1n) is 24.0. The first-order chi connectivity index (χ1) is 34.6. The monoisotopic (exact) mass is 911 g/mol. The molecule has 0 atom stereocenters. The van der Waals surface area contributed by atoms with E-state index in [2.05, 4.69) is 155 Å². The molecule has 0 aliphatic carbocycles. The predicted molar refractivity (Wildman–Crippen MR) is 292 cm³/mol. The molecule has 11 aromatic rings. The molecule has 0 unspecified atom stereocenters. The minimum absolute atomic E-state index is 0.521. The topological polar surface area (TPSA) is 78.3 Å². The summed E-state index contributed by atoms with van der Waals surface area (Å²) in [6.45, 7) is 13.1. The van der Waals surface area contributed by atoms with Crippen LogP contribution in [0.3, 0.4) is 0 Å². The molecule has 2 heterocycles. The number of fused-ring (bicyclic) bond motifs is 3. The summed E-state index contributed by atoms with van der Waals surface area (Å²) in [6.07, 6.45) is 0. The fraction of sp³-hybridized carbons (Fsp3) is 0.0909. The van der Waals surface area contributed by atoms with Crippen LogP contribution in [0.5, 0.6) is 0 Å². The molecule has 5 nitrogen and oxygen atoms in total. The summed E-state index contributed by atoms with van der Waals surface area (Å²) in [7, 11) is 0. The van der Waals surface area contributed by atoms with Gasteiger partial charge in [0.05, 0.1) is 51.4 Å². The lowest BCUT2D eigenvalue weighted by atomic mass is 9.89. The molecule has 0 saturated heterocycles. The van der Waals surface area contributed by atoms with E-state index in [0.29, 0.717) is 17.0 Å². The zero-order valence-electron chi connectivity index (χ0n) is 40.6. The van der Waals surface area contributed by atoms with Gasteiger partial charge in [0.15, 0.2) is 5.82 Å². The fourth-order valence-corrected chi connectivity index (χ4v) is 11.0. The van der Waals surface area contributed by atoms with Gasteiger partial charge in [0.2, 0.25) is 0 Å². The molecule has 0 aliphatic rings. The van der Waals surface area contributed by atoms with Crippen LogP contribution in [0.25, 0.3) is 106 Å². The molecule has 11 rings (SSSR count). The quantitative estimate of drug-likeness (QED) is 0.152. The van der Waals surface area contributed by atoms with Crippen LogP contribution in [0.15, 0.2) is 188 Å². The predicted octanol–water partition coefficient (Wildman–Crippen LogP) is 16.8. The van der Waals surface area contributed by atoms with E-state index in [0.717, 1.165) is 89.0 Å². The molecule has 0 fully saturated rings. The zero-order valence-corrected chi connectivity index (χ0v) is 40.6. The first kappa shape index (κ1) is 44.4. The molecule has 0 N–H and O–H groups in total. The SMILES string of the molecule is Cc1cc(C)c(-c2ccc3c(c2)c2cc(-c4c(C)cc(C)cc4C)ccc2n3-c2c(-c3ccccc3C#N)cc(-c3nc(-c4ccccc4)cc(-c4ccccc4)n3)cc2-c2ccccc2C#N)c(C)c1. The van der Waals surface area contributed by atoms with Crippen LogP contribution in [0.1, 0.15) is 44.5 Å². The standard InChI is InChI=1S/C66H49N5/c1-40-29-42(3)63(43(4)30-40)48-25-27-61-55(33-48)56-34-49(64-44(5)31-41(2)32-45(64)6)26-28-62(56)71(61)65-57(53-23-15-13-21-50(53)38-67)35-52(36-58(65)54-24-16-14-22-51(54)39-68)66-69-59(46-17-9-7-10-18-46)37-60(70-66)47-19-11-8-12-20-47/h7-37H,1-6H3. The number of rotatable bonds is 8. The van der Waals surface area contributed by atoms with Crippen LogP contribution in [0.4, 0.5) is 0 Å². The van der Waals surface area contributed by atoms with E-state index >= 15 is 0 Å². The molecule has 0 amide bonds. The van der Waals surface area contributed by atoms with Gasteiger partial charge in [-0.3, -0.25) is 0 Å². The maximum absolute atomic E-state index is 10.9. The fourth-order valence-electron chi connectivity index (χ4n) is 11.0. The van der Waals surface area contributed by atoms with Gasteiger partial charge < -0.3 is 4.57 Å². The zero-order chi connectivity index (χ0) is 48.9. The molecule has 338 valence electrons. The lowest BCUT2D eigenvalue weighted by Crippen LogP contribution is -2.04. The molecule has 0 saturated carbocycles. The van der Waals surface area contributed by atoms with Crippen LogP contribution in [0, 0.1) is 64.2 Å². The lowest BCUT2D eigenvalue weighted by Gasteiger charge is -2.22. The molecule has 0 bridgehead atoms. The molecular formula is C66H49N5. The number of nitrogens with zero attached hydrogens (tertiary/aromatic N) is 5. The van der Waals surface area contributed by atoms with Crippen molar-refractivity contribution in [1.82, 2.24) is 14.5 Å². The molecule has 2 aromatic heterocycles. The van der Waals surface area contributed by atoms with Crippen molar-refractivity contribution in [3.05, 3.63) is 233 Å². The van der Waals surface area contributed by atoms with E-state index in [1.807, 2.05) is 91.0 Å². The van der Waals surface area contributed by atoms with Gasteiger partial charge >= 0.3 is 0 Å². The Hall–Kier alpha value is -9.16. The Labute approximate surface area is 415 Å². The third kappa shape index (κ3) is 7.94. The molecule has 5 heteroatoms. The Kier molecular flexibility index (Phi) is 11.3. The second-order valence-electron chi connectivity index (χ2n) is 18.8. The van der Waals surface area contributed by atoms with Gasteiger partial charge in [-0.15, -0.1) is 0 Å². The third-order valence-electron chi connectivity index (χ3n) is 13.8. The Morgan fingerprint density at radius 2 is 0.761 bits per heavy atom. The van der Waals surface area contributed by atoms with Crippen molar-refractivity contribution in [2.75, 3.05) is 0 Å². The number of aromatic nitrogens is 3. The molecular weight excluding hydrogens is 863 g/mol. The summed E-state index contributed by atoms with van der Waals surface area (Å²) >= 11 is 0. The minimum Gasteiger partial charge on any atom is -0.308 e. The average molecular weight is 912 g/mol. The molecule has 71 heavy (non-hydrogen) atoms. The summed E-state index contributed by atoms with van der Waals surface area (Å²) in [5, 5.41) is 24.0. The Bertz CT molecular complexity index is 3720. The van der Waals surface area contributed by atoms with Crippen molar-refractivity contribution in [1.29, 1.82) is 10.5 Å². The highest BCUT2D eigenvalue weighted by Gasteiger charge is 2.26. The molecule has 0 radical (unpaired) electrons. The van der Waals surface area contributed by atoms with E-state index in [1.165, 1.54) is 44.5 Å². The van der Waals surface area contributed by atoms with Crippen molar-refractivity contribution in [2.45, 2.75) is 41.5 Å². The van der Waals surface area contributed by atoms with Gasteiger partial charge in [-0.2, -0.15) is 10.5 Å². The Morgan fingerprint density at radius 1 is 0.366 bits per heavy atom. The Morgan fingerprint density at radius 3 is 1.17 bits per heavy atom. The van der Waals surface area contributed by atoms with Gasteiger partial charge in [0.25, 0.3) is 0 Å². The number of nitriles is 2. The van der Waals surface area contributed by atoms with Gasteiger partial charge in [-0.25, -0.2) is 9.97 Å². The van der Waals surface area contributed by atoms with Gasteiger partial charge in [-0.1, -0.05) is 145 Å². The lowest BCUT2D eigenvalue weighted by molar-refractivity contribution is 1.16. The highest BCUT2D eigenvalue weighted by atomic mass is 15.0. The van der Waals surface area contributed by atoms with Crippen molar-refractivity contribution in [3.63, 3.8) is 0 Å². The second-order valence-corrected chi connectivity index (χ2v) is 18.8. The Balaban J connectivity index is 1.30. The van der Waals surface area contributed by atoms with Crippen LogP contribution >= 0.6 is 0 Å². The summed E-state index contributed by atoms with van der Waals surface area (Å²) in [5.41, 5.74) is 23.4. The largest absolute Gasteiger partial charge is 0.308 e. The maximum atomic E-state index is 10.9. The van der Waals surface area contributed by atoms with Gasteiger partial charge in [0.1, 0.15) is 0 Å². The number of hydrogen-bond acceptors (Lipinski definition) is 4. The normalized spacial score (nSPS) is 11.2. The summed E-state index contributed by atoms with van der Waals surface area (Å²) in [6, 6.07) is 70.0. The van der Waals surface area contributed by atoms with E-state index in [-0.39, 0.29) is 0 Å². The van der Waals surface area contributed by atoms with Crippen molar-refractivity contribution >= 4 is 21.8 Å². The van der Waals surface area contributed by atoms with Crippen LogP contribution in [0.2, 0.25) is 0 Å². The number of benzene rings is 9. The van der Waals surface area contributed by atoms with Crippen molar-refractivity contribution in [2.24, 2.45) is 0 Å². The molecule has 0 spiro atoms.